The van der Waals surface area contributed by atoms with E-state index < -0.39 is 0 Å². The van der Waals surface area contributed by atoms with Crippen LogP contribution in [0.25, 0.3) is 11.5 Å². The van der Waals surface area contributed by atoms with E-state index in [0.29, 0.717) is 23.9 Å². The highest BCUT2D eigenvalue weighted by atomic mass is 16.4. The minimum absolute atomic E-state index is 0.256. The number of carbonyl (C=O) groups is 1. The lowest BCUT2D eigenvalue weighted by molar-refractivity contribution is 0.0945. The maximum absolute atomic E-state index is 12.3. The summed E-state index contributed by atoms with van der Waals surface area (Å²) >= 11 is 0. The van der Waals surface area contributed by atoms with Crippen LogP contribution < -0.4 is 5.32 Å². The van der Waals surface area contributed by atoms with Crippen LogP contribution in [0.1, 0.15) is 27.4 Å². The van der Waals surface area contributed by atoms with Crippen molar-refractivity contribution in [1.82, 2.24) is 15.3 Å². The molecular formula is C18H17N3O2. The van der Waals surface area contributed by atoms with Crippen molar-refractivity contribution in [2.75, 3.05) is 0 Å². The predicted molar refractivity (Wildman–Crippen MR) is 86.8 cm³/mol. The van der Waals surface area contributed by atoms with Gasteiger partial charge in [-0.25, -0.2) is 4.98 Å². The van der Waals surface area contributed by atoms with Crippen LogP contribution in [0.5, 0.6) is 0 Å². The second-order valence-electron chi connectivity index (χ2n) is 5.34. The fraction of sp³-hybridized carbons (Fsp3) is 0.167. The first-order chi connectivity index (χ1) is 11.1. The third kappa shape index (κ3) is 3.45. The van der Waals surface area contributed by atoms with E-state index >= 15 is 0 Å². The van der Waals surface area contributed by atoms with Gasteiger partial charge in [-0.2, -0.15) is 0 Å². The Morgan fingerprint density at radius 1 is 1.22 bits per heavy atom. The topological polar surface area (TPSA) is 68.0 Å². The van der Waals surface area contributed by atoms with Gasteiger partial charge in [0.25, 0.3) is 5.91 Å². The first-order valence-corrected chi connectivity index (χ1v) is 7.35. The lowest BCUT2D eigenvalue weighted by Gasteiger charge is -2.02. The molecule has 0 aliphatic heterocycles. The zero-order valence-electron chi connectivity index (χ0n) is 13.0. The Hall–Kier alpha value is -2.95. The van der Waals surface area contributed by atoms with Gasteiger partial charge in [0.1, 0.15) is 5.76 Å². The predicted octanol–water partition coefficient (Wildman–Crippen LogP) is 3.28. The molecule has 2 aromatic heterocycles. The molecule has 1 aromatic carbocycles. The Morgan fingerprint density at radius 3 is 2.83 bits per heavy atom. The number of pyridine rings is 1. The molecule has 3 rings (SSSR count). The number of carbonyl (C=O) groups excluding carboxylic acids is 1. The summed E-state index contributed by atoms with van der Waals surface area (Å²) in [5.74, 6) is 0.705. The molecule has 0 atom stereocenters. The number of rotatable bonds is 4. The van der Waals surface area contributed by atoms with Gasteiger partial charge in [-0.15, -0.1) is 0 Å². The second-order valence-corrected chi connectivity index (χ2v) is 5.34. The molecular weight excluding hydrogens is 290 g/mol. The van der Waals surface area contributed by atoms with E-state index in [-0.39, 0.29) is 5.91 Å². The summed E-state index contributed by atoms with van der Waals surface area (Å²) in [5, 5.41) is 2.83. The molecule has 5 nitrogen and oxygen atoms in total. The highest BCUT2D eigenvalue weighted by Crippen LogP contribution is 2.22. The second kappa shape index (κ2) is 6.44. The largest absolute Gasteiger partial charge is 0.441 e. The summed E-state index contributed by atoms with van der Waals surface area (Å²) in [4.78, 5) is 20.7. The van der Waals surface area contributed by atoms with Crippen LogP contribution in [-0.4, -0.2) is 15.9 Å². The van der Waals surface area contributed by atoms with Crippen molar-refractivity contribution in [2.24, 2.45) is 0 Å². The molecule has 2 heterocycles. The number of oxazole rings is 1. The molecule has 0 fully saturated rings. The maximum Gasteiger partial charge on any atom is 0.273 e. The number of hydrogen-bond donors (Lipinski definition) is 1. The molecule has 0 saturated carbocycles. The summed E-state index contributed by atoms with van der Waals surface area (Å²) in [5.41, 5.74) is 3.21. The molecule has 0 aliphatic rings. The summed E-state index contributed by atoms with van der Waals surface area (Å²) < 4.78 is 5.64. The smallest absolute Gasteiger partial charge is 0.273 e. The van der Waals surface area contributed by atoms with Crippen LogP contribution >= 0.6 is 0 Å². The fourth-order valence-corrected chi connectivity index (χ4v) is 2.28. The monoisotopic (exact) mass is 307 g/mol. The molecule has 5 heteroatoms. The van der Waals surface area contributed by atoms with Crippen LogP contribution in [0, 0.1) is 13.8 Å². The Morgan fingerprint density at radius 2 is 2.09 bits per heavy atom. The molecule has 1 amide bonds. The van der Waals surface area contributed by atoms with Crippen LogP contribution in [0.3, 0.4) is 0 Å². The molecule has 23 heavy (non-hydrogen) atoms. The molecule has 0 bridgehead atoms. The zero-order valence-corrected chi connectivity index (χ0v) is 13.0. The average molecular weight is 307 g/mol. The van der Waals surface area contributed by atoms with Crippen LogP contribution in [-0.2, 0) is 6.54 Å². The lowest BCUT2D eigenvalue weighted by atomic mass is 10.1. The minimum Gasteiger partial charge on any atom is -0.441 e. The standard InChI is InChI=1S/C18H17N3O2/c1-12-5-3-7-15(9-12)18-21-16(13(2)23-18)17(22)20-11-14-6-4-8-19-10-14/h3-10H,11H2,1-2H3,(H,20,22). The van der Waals surface area contributed by atoms with Crippen LogP contribution in [0.4, 0.5) is 0 Å². The Balaban J connectivity index is 1.76. The molecule has 0 radical (unpaired) electrons. The number of aromatic nitrogens is 2. The molecule has 0 saturated heterocycles. The Bertz CT molecular complexity index is 825. The maximum atomic E-state index is 12.3. The molecule has 3 aromatic rings. The van der Waals surface area contributed by atoms with E-state index in [1.165, 1.54) is 0 Å². The van der Waals surface area contributed by atoms with E-state index in [0.717, 1.165) is 16.7 Å². The molecule has 0 spiro atoms. The average Bonchev–Trinajstić information content (AvgIpc) is 2.96. The van der Waals surface area contributed by atoms with Gasteiger partial charge < -0.3 is 9.73 Å². The van der Waals surface area contributed by atoms with E-state index in [4.69, 9.17) is 4.42 Å². The van der Waals surface area contributed by atoms with Crippen LogP contribution in [0.15, 0.2) is 53.2 Å². The normalized spacial score (nSPS) is 10.5. The number of hydrogen-bond acceptors (Lipinski definition) is 4. The van der Waals surface area contributed by atoms with E-state index in [1.807, 2.05) is 43.3 Å². The molecule has 116 valence electrons. The van der Waals surface area contributed by atoms with E-state index in [2.05, 4.69) is 15.3 Å². The van der Waals surface area contributed by atoms with Crippen molar-refractivity contribution in [3.63, 3.8) is 0 Å². The summed E-state index contributed by atoms with van der Waals surface area (Å²) in [7, 11) is 0. The number of benzene rings is 1. The lowest BCUT2D eigenvalue weighted by Crippen LogP contribution is -2.23. The zero-order chi connectivity index (χ0) is 16.2. The first kappa shape index (κ1) is 15.0. The fourth-order valence-electron chi connectivity index (χ4n) is 2.28. The third-order valence-corrected chi connectivity index (χ3v) is 3.45. The summed E-state index contributed by atoms with van der Waals surface area (Å²) in [6, 6.07) is 11.6. The van der Waals surface area contributed by atoms with Gasteiger partial charge in [0, 0.05) is 24.5 Å². The van der Waals surface area contributed by atoms with Gasteiger partial charge in [0.2, 0.25) is 5.89 Å². The van der Waals surface area contributed by atoms with Crippen molar-refractivity contribution in [1.29, 1.82) is 0 Å². The van der Waals surface area contributed by atoms with Crippen molar-refractivity contribution in [3.05, 3.63) is 71.4 Å². The highest BCUT2D eigenvalue weighted by molar-refractivity contribution is 5.93. The van der Waals surface area contributed by atoms with Crippen molar-refractivity contribution in [2.45, 2.75) is 20.4 Å². The first-order valence-electron chi connectivity index (χ1n) is 7.35. The Kier molecular flexibility index (Phi) is 4.19. The quantitative estimate of drug-likeness (QED) is 0.803. The highest BCUT2D eigenvalue weighted by Gasteiger charge is 2.17. The van der Waals surface area contributed by atoms with Crippen molar-refractivity contribution >= 4 is 5.91 Å². The van der Waals surface area contributed by atoms with Gasteiger partial charge >= 0.3 is 0 Å². The third-order valence-electron chi connectivity index (χ3n) is 3.45. The molecule has 1 N–H and O–H groups in total. The molecule has 0 unspecified atom stereocenters. The van der Waals surface area contributed by atoms with Gasteiger partial charge in [-0.1, -0.05) is 23.8 Å². The van der Waals surface area contributed by atoms with E-state index in [9.17, 15) is 4.79 Å². The van der Waals surface area contributed by atoms with Crippen LogP contribution in [0.2, 0.25) is 0 Å². The van der Waals surface area contributed by atoms with Crippen molar-refractivity contribution < 1.29 is 9.21 Å². The number of amides is 1. The van der Waals surface area contributed by atoms with E-state index in [1.54, 1.807) is 19.3 Å². The summed E-state index contributed by atoms with van der Waals surface area (Å²) in [6.07, 6.45) is 3.41. The SMILES string of the molecule is Cc1cccc(-c2nc(C(=O)NCc3cccnc3)c(C)o2)c1. The number of aryl methyl sites for hydroxylation is 2. The van der Waals surface area contributed by atoms with Gasteiger partial charge in [0.05, 0.1) is 0 Å². The number of nitrogens with one attached hydrogen (secondary N) is 1. The summed E-state index contributed by atoms with van der Waals surface area (Å²) in [6.45, 7) is 4.14. The van der Waals surface area contributed by atoms with Gasteiger partial charge in [-0.3, -0.25) is 9.78 Å². The Labute approximate surface area is 134 Å². The van der Waals surface area contributed by atoms with Crippen molar-refractivity contribution in [3.8, 4) is 11.5 Å². The number of nitrogens with zero attached hydrogens (tertiary/aromatic N) is 2. The van der Waals surface area contributed by atoms with Gasteiger partial charge in [0.15, 0.2) is 5.69 Å². The molecule has 0 aliphatic carbocycles. The minimum atomic E-state index is -0.256. The van der Waals surface area contributed by atoms with Gasteiger partial charge in [-0.05, 0) is 37.6 Å².